The fourth-order valence-corrected chi connectivity index (χ4v) is 6.50. The lowest BCUT2D eigenvalue weighted by Crippen LogP contribution is -2.29. The van der Waals surface area contributed by atoms with Crippen LogP contribution >= 0.6 is 43.2 Å². The van der Waals surface area contributed by atoms with E-state index in [1.165, 1.54) is 4.88 Å². The zero-order valence-corrected chi connectivity index (χ0v) is 15.5. The fraction of sp³-hybridized carbons (Fsp3) is 0.667. The smallest absolute Gasteiger partial charge is 0.150 e. The second-order valence-corrected chi connectivity index (χ2v) is 10.4. The summed E-state index contributed by atoms with van der Waals surface area (Å²) in [5.74, 6) is 0.825. The Bertz CT molecular complexity index is 522. The molecule has 3 nitrogen and oxygen atoms in total. The highest BCUT2D eigenvalue weighted by molar-refractivity contribution is 9.13. The summed E-state index contributed by atoms with van der Waals surface area (Å²) < 4.78 is 25.5. The van der Waals surface area contributed by atoms with Crippen LogP contribution in [0.15, 0.2) is 14.3 Å². The summed E-state index contributed by atoms with van der Waals surface area (Å²) >= 11 is 8.68. The number of hydrogen-bond acceptors (Lipinski definition) is 4. The monoisotopic (exact) mass is 429 g/mol. The molecule has 0 bridgehead atoms. The molecule has 2 unspecified atom stereocenters. The molecular formula is C12H17Br2NO2S2. The van der Waals surface area contributed by atoms with E-state index in [-0.39, 0.29) is 12.0 Å². The fourth-order valence-electron chi connectivity index (χ4n) is 2.40. The normalized spacial score (nSPS) is 23.6. The molecule has 0 saturated carbocycles. The van der Waals surface area contributed by atoms with Crippen molar-refractivity contribution >= 4 is 53.0 Å². The molecule has 1 saturated heterocycles. The quantitative estimate of drug-likeness (QED) is 0.773. The van der Waals surface area contributed by atoms with E-state index >= 15 is 0 Å². The second kappa shape index (κ2) is 6.56. The van der Waals surface area contributed by atoms with Gasteiger partial charge in [0.1, 0.15) is 0 Å². The molecule has 0 radical (unpaired) electrons. The first-order valence-corrected chi connectivity index (χ1v) is 10.5. The average Bonchev–Trinajstić information content (AvgIpc) is 2.84. The minimum Gasteiger partial charge on any atom is -0.309 e. The molecule has 1 aromatic rings. The Morgan fingerprint density at radius 1 is 1.53 bits per heavy atom. The largest absolute Gasteiger partial charge is 0.309 e. The van der Waals surface area contributed by atoms with E-state index in [4.69, 9.17) is 0 Å². The van der Waals surface area contributed by atoms with E-state index in [9.17, 15) is 8.42 Å². The third-order valence-electron chi connectivity index (χ3n) is 3.32. The summed E-state index contributed by atoms with van der Waals surface area (Å²) in [5.41, 5.74) is 0. The maximum absolute atomic E-state index is 11.7. The molecule has 19 heavy (non-hydrogen) atoms. The Labute approximate surface area is 135 Å². The van der Waals surface area contributed by atoms with E-state index in [2.05, 4.69) is 50.2 Å². The Morgan fingerprint density at radius 2 is 2.26 bits per heavy atom. The van der Waals surface area contributed by atoms with Crippen LogP contribution in [0, 0.1) is 5.92 Å². The first-order valence-electron chi connectivity index (χ1n) is 6.31. The van der Waals surface area contributed by atoms with E-state index in [1.807, 2.05) is 0 Å². The highest BCUT2D eigenvalue weighted by atomic mass is 79.9. The van der Waals surface area contributed by atoms with Crippen LogP contribution in [-0.4, -0.2) is 26.5 Å². The van der Waals surface area contributed by atoms with Crippen LogP contribution in [0.5, 0.6) is 0 Å². The van der Waals surface area contributed by atoms with Crippen LogP contribution in [0.25, 0.3) is 0 Å². The first kappa shape index (κ1) is 15.9. The highest BCUT2D eigenvalue weighted by Crippen LogP contribution is 2.40. The molecule has 0 amide bonds. The van der Waals surface area contributed by atoms with Crippen LogP contribution in [-0.2, 0) is 9.84 Å². The van der Waals surface area contributed by atoms with Crippen LogP contribution in [0.1, 0.15) is 30.7 Å². The van der Waals surface area contributed by atoms with Gasteiger partial charge in [-0.2, -0.15) is 0 Å². The van der Waals surface area contributed by atoms with Crippen molar-refractivity contribution in [3.05, 3.63) is 19.2 Å². The predicted octanol–water partition coefficient (Wildman–Crippen LogP) is 3.75. The molecule has 7 heteroatoms. The minimum absolute atomic E-state index is 0.143. The van der Waals surface area contributed by atoms with E-state index in [1.54, 1.807) is 11.3 Å². The van der Waals surface area contributed by atoms with Crippen LogP contribution in [0.3, 0.4) is 0 Å². The molecule has 0 aromatic carbocycles. The molecule has 0 spiro atoms. The van der Waals surface area contributed by atoms with Gasteiger partial charge in [0.25, 0.3) is 0 Å². The average molecular weight is 431 g/mol. The summed E-state index contributed by atoms with van der Waals surface area (Å²) in [6.45, 7) is 3.03. The number of thiophene rings is 1. The van der Waals surface area contributed by atoms with Gasteiger partial charge in [-0.1, -0.05) is 6.92 Å². The lowest BCUT2D eigenvalue weighted by molar-refractivity contribution is 0.398. The van der Waals surface area contributed by atoms with Crippen LogP contribution in [0.4, 0.5) is 0 Å². The number of nitrogens with one attached hydrogen (secondary N) is 1. The molecule has 2 rings (SSSR count). The zero-order chi connectivity index (χ0) is 14.0. The molecule has 2 atom stereocenters. The topological polar surface area (TPSA) is 46.2 Å². The van der Waals surface area contributed by atoms with E-state index < -0.39 is 9.84 Å². The molecule has 0 aliphatic carbocycles. The lowest BCUT2D eigenvalue weighted by Gasteiger charge is -2.22. The number of hydrogen-bond donors (Lipinski definition) is 1. The van der Waals surface area contributed by atoms with Crippen molar-refractivity contribution in [2.75, 3.05) is 18.1 Å². The minimum atomic E-state index is -2.84. The van der Waals surface area contributed by atoms with Gasteiger partial charge in [0.2, 0.25) is 0 Å². The molecular weight excluding hydrogens is 414 g/mol. The number of sulfone groups is 1. The third-order valence-corrected chi connectivity index (χ3v) is 8.46. The summed E-state index contributed by atoms with van der Waals surface area (Å²) in [4.78, 5) is 1.20. The van der Waals surface area contributed by atoms with Gasteiger partial charge in [0, 0.05) is 15.4 Å². The summed E-state index contributed by atoms with van der Waals surface area (Å²) in [7, 11) is -2.84. The number of rotatable bonds is 5. The molecule has 1 N–H and O–H groups in total. The molecule has 1 aromatic heterocycles. The zero-order valence-electron chi connectivity index (χ0n) is 10.7. The summed E-state index contributed by atoms with van der Waals surface area (Å²) in [6.07, 6.45) is 1.81. The molecule has 1 fully saturated rings. The van der Waals surface area contributed by atoms with E-state index in [0.29, 0.717) is 11.5 Å². The molecule has 1 aliphatic heterocycles. The van der Waals surface area contributed by atoms with Crippen LogP contribution < -0.4 is 5.32 Å². The van der Waals surface area contributed by atoms with Crippen molar-refractivity contribution in [2.45, 2.75) is 25.8 Å². The van der Waals surface area contributed by atoms with Gasteiger partial charge < -0.3 is 5.32 Å². The maximum Gasteiger partial charge on any atom is 0.150 e. The van der Waals surface area contributed by atoms with Gasteiger partial charge in [0.15, 0.2) is 9.84 Å². The molecule has 1 aliphatic rings. The highest BCUT2D eigenvalue weighted by Gasteiger charge is 2.35. The lowest BCUT2D eigenvalue weighted by atomic mass is 9.97. The van der Waals surface area contributed by atoms with Gasteiger partial charge in [-0.25, -0.2) is 8.42 Å². The van der Waals surface area contributed by atoms with Gasteiger partial charge in [0.05, 0.1) is 15.3 Å². The van der Waals surface area contributed by atoms with Crippen molar-refractivity contribution in [1.29, 1.82) is 0 Å². The van der Waals surface area contributed by atoms with Crippen LogP contribution in [0.2, 0.25) is 0 Å². The number of halogens is 2. The Hall–Kier alpha value is 0.570. The Balaban J connectivity index is 2.21. The first-order chi connectivity index (χ1) is 8.93. The van der Waals surface area contributed by atoms with Gasteiger partial charge >= 0.3 is 0 Å². The standard InChI is InChI=1S/C12H17Br2NO2S2/c1-2-4-15-11(8-3-5-19(16,17)7-8)10-6-9(13)12(14)18-10/h6,8,11,15H,2-5,7H2,1H3. The third kappa shape index (κ3) is 4.03. The van der Waals surface area contributed by atoms with E-state index in [0.717, 1.165) is 27.6 Å². The SMILES string of the molecule is CCCNC(c1cc(Br)c(Br)s1)C1CCS(=O)(=O)C1. The van der Waals surface area contributed by atoms with Gasteiger partial charge in [-0.3, -0.25) is 0 Å². The Kier molecular flexibility index (Phi) is 5.50. The van der Waals surface area contributed by atoms with Crippen molar-refractivity contribution in [2.24, 2.45) is 5.92 Å². The summed E-state index contributed by atoms with van der Waals surface area (Å²) in [6, 6.07) is 2.23. The predicted molar refractivity (Wildman–Crippen MR) is 87.5 cm³/mol. The second-order valence-electron chi connectivity index (χ2n) is 4.87. The van der Waals surface area contributed by atoms with Crippen molar-refractivity contribution in [3.63, 3.8) is 0 Å². The maximum atomic E-state index is 11.7. The van der Waals surface area contributed by atoms with Gasteiger partial charge in [-0.05, 0) is 63.2 Å². The molecule has 108 valence electrons. The van der Waals surface area contributed by atoms with Gasteiger partial charge in [-0.15, -0.1) is 11.3 Å². The molecule has 2 heterocycles. The van der Waals surface area contributed by atoms with Crippen molar-refractivity contribution in [3.8, 4) is 0 Å². The van der Waals surface area contributed by atoms with Crippen molar-refractivity contribution in [1.82, 2.24) is 5.32 Å². The summed E-state index contributed by atoms with van der Waals surface area (Å²) in [5, 5.41) is 3.51. The Morgan fingerprint density at radius 3 is 2.74 bits per heavy atom. The van der Waals surface area contributed by atoms with Crippen molar-refractivity contribution < 1.29 is 8.42 Å².